The molecule has 0 spiro atoms. The number of hydrogen-bond acceptors (Lipinski definition) is 6. The number of rotatable bonds is 6. The van der Waals surface area contributed by atoms with E-state index in [1.165, 1.54) is 11.3 Å². The van der Waals surface area contributed by atoms with E-state index in [1.807, 2.05) is 43.5 Å². The van der Waals surface area contributed by atoms with Crippen molar-refractivity contribution in [2.24, 2.45) is 16.7 Å². The fourth-order valence-corrected chi connectivity index (χ4v) is 7.66. The Kier molecular flexibility index (Phi) is 4.54. The number of nitrogens with zero attached hydrogens (tertiary/aromatic N) is 1. The number of methoxy groups -OCH3 is 1. The lowest BCUT2D eigenvalue weighted by atomic mass is 9.70. The van der Waals surface area contributed by atoms with Gasteiger partial charge in [-0.15, -0.1) is 11.3 Å². The van der Waals surface area contributed by atoms with Crippen molar-refractivity contribution in [1.82, 2.24) is 4.98 Å². The molecule has 0 amide bonds. The van der Waals surface area contributed by atoms with Crippen LogP contribution < -0.4 is 9.46 Å². The molecule has 2 saturated carbocycles. The van der Waals surface area contributed by atoms with Gasteiger partial charge >= 0.3 is 0 Å². The molecule has 2 aliphatic carbocycles. The first-order valence-electron chi connectivity index (χ1n) is 9.31. The number of Topliss-reactive ketones (excluding diaryl/α,β-unsaturated/α-hetero) is 1. The Morgan fingerprint density at radius 3 is 2.57 bits per heavy atom. The Morgan fingerprint density at radius 2 is 2.00 bits per heavy atom. The molecule has 2 bridgehead atoms. The second-order valence-corrected chi connectivity index (χ2v) is 10.9. The van der Waals surface area contributed by atoms with Gasteiger partial charge in [0.2, 0.25) is 10.0 Å². The van der Waals surface area contributed by atoms with Crippen LogP contribution >= 0.6 is 11.3 Å². The van der Waals surface area contributed by atoms with Gasteiger partial charge < -0.3 is 4.74 Å². The molecule has 28 heavy (non-hydrogen) atoms. The largest absolute Gasteiger partial charge is 0.497 e. The van der Waals surface area contributed by atoms with Crippen LogP contribution in [0.4, 0.5) is 5.13 Å². The smallest absolute Gasteiger partial charge is 0.235 e. The van der Waals surface area contributed by atoms with Gasteiger partial charge in [-0.2, -0.15) is 0 Å². The van der Waals surface area contributed by atoms with Crippen molar-refractivity contribution in [3.63, 3.8) is 0 Å². The highest BCUT2D eigenvalue weighted by molar-refractivity contribution is 7.92. The maximum Gasteiger partial charge on any atom is 0.235 e. The summed E-state index contributed by atoms with van der Waals surface area (Å²) in [5.74, 6) is 0.964. The van der Waals surface area contributed by atoms with Gasteiger partial charge in [-0.3, -0.25) is 9.52 Å². The molecule has 1 aromatic heterocycles. The van der Waals surface area contributed by atoms with Gasteiger partial charge in [-0.25, -0.2) is 13.4 Å². The normalized spacial score (nSPS) is 25.8. The van der Waals surface area contributed by atoms with Gasteiger partial charge in [0.05, 0.1) is 24.0 Å². The van der Waals surface area contributed by atoms with Crippen molar-refractivity contribution in [2.75, 3.05) is 17.6 Å². The molecule has 1 N–H and O–H groups in total. The molecule has 0 saturated heterocycles. The van der Waals surface area contributed by atoms with Crippen LogP contribution in [0.15, 0.2) is 29.6 Å². The van der Waals surface area contributed by atoms with Gasteiger partial charge in [-0.1, -0.05) is 13.8 Å². The number of carbonyl (C=O) groups is 1. The van der Waals surface area contributed by atoms with Crippen LogP contribution in [0.3, 0.4) is 0 Å². The van der Waals surface area contributed by atoms with Crippen molar-refractivity contribution in [3.8, 4) is 17.0 Å². The van der Waals surface area contributed by atoms with Crippen LogP contribution in [-0.2, 0) is 14.8 Å². The molecule has 1 aromatic carbocycles. The first-order valence-corrected chi connectivity index (χ1v) is 11.8. The van der Waals surface area contributed by atoms with E-state index in [0.717, 1.165) is 17.7 Å². The zero-order chi connectivity index (χ0) is 20.2. The number of sulfonamides is 1. The van der Waals surface area contributed by atoms with E-state index in [0.29, 0.717) is 23.7 Å². The summed E-state index contributed by atoms with van der Waals surface area (Å²) in [7, 11) is -2.08. The van der Waals surface area contributed by atoms with Gasteiger partial charge in [0.1, 0.15) is 11.5 Å². The maximum absolute atomic E-state index is 12.9. The third-order valence-electron chi connectivity index (χ3n) is 6.71. The number of hydrogen-bond donors (Lipinski definition) is 1. The summed E-state index contributed by atoms with van der Waals surface area (Å²) in [6, 6.07) is 7.43. The summed E-state index contributed by atoms with van der Waals surface area (Å²) in [5.41, 5.74) is 0.517. The number of nitrogens with one attached hydrogen (secondary N) is 1. The van der Waals surface area contributed by atoms with Crippen molar-refractivity contribution in [3.05, 3.63) is 29.6 Å². The number of thiazole rings is 1. The summed E-state index contributed by atoms with van der Waals surface area (Å²) in [6.07, 6.45) is 2.08. The average molecular weight is 421 g/mol. The number of fused-ring (bicyclic) bond motifs is 2. The number of benzene rings is 1. The molecule has 0 radical (unpaired) electrons. The van der Waals surface area contributed by atoms with Crippen molar-refractivity contribution < 1.29 is 17.9 Å². The maximum atomic E-state index is 12.9. The third kappa shape index (κ3) is 3.03. The van der Waals surface area contributed by atoms with Crippen LogP contribution in [0, 0.1) is 16.7 Å². The lowest BCUT2D eigenvalue weighted by Crippen LogP contribution is -2.43. The molecular weight excluding hydrogens is 396 g/mol. The molecule has 1 heterocycles. The van der Waals surface area contributed by atoms with Crippen molar-refractivity contribution in [1.29, 1.82) is 0 Å². The minimum absolute atomic E-state index is 0.0946. The quantitative estimate of drug-likeness (QED) is 0.765. The van der Waals surface area contributed by atoms with E-state index in [9.17, 15) is 13.2 Å². The van der Waals surface area contributed by atoms with Crippen molar-refractivity contribution in [2.45, 2.75) is 33.1 Å². The van der Waals surface area contributed by atoms with Crippen LogP contribution in [-0.4, -0.2) is 32.0 Å². The highest BCUT2D eigenvalue weighted by Gasteiger charge is 2.65. The first-order chi connectivity index (χ1) is 13.2. The molecule has 0 unspecified atom stereocenters. The zero-order valence-electron chi connectivity index (χ0n) is 16.2. The molecule has 4 rings (SSSR count). The van der Waals surface area contributed by atoms with E-state index in [-0.39, 0.29) is 22.9 Å². The molecule has 150 valence electrons. The Hall–Kier alpha value is -1.93. The van der Waals surface area contributed by atoms with Gasteiger partial charge in [0.25, 0.3) is 0 Å². The Bertz CT molecular complexity index is 1010. The highest BCUT2D eigenvalue weighted by Crippen LogP contribution is 2.64. The highest BCUT2D eigenvalue weighted by atomic mass is 32.2. The number of ether oxygens (including phenoxy) is 1. The van der Waals surface area contributed by atoms with Crippen LogP contribution in [0.1, 0.15) is 33.1 Å². The Balaban J connectivity index is 1.53. The summed E-state index contributed by atoms with van der Waals surface area (Å²) >= 11 is 1.24. The Labute approximate surface area is 169 Å². The third-order valence-corrected chi connectivity index (χ3v) is 8.97. The van der Waals surface area contributed by atoms with E-state index >= 15 is 0 Å². The van der Waals surface area contributed by atoms with Gasteiger partial charge in [0, 0.05) is 17.4 Å². The molecule has 0 aliphatic heterocycles. The molecular formula is C20H24N2O4S2. The van der Waals surface area contributed by atoms with E-state index in [4.69, 9.17) is 4.74 Å². The zero-order valence-corrected chi connectivity index (χ0v) is 17.8. The van der Waals surface area contributed by atoms with Gasteiger partial charge in [-0.05, 0) is 48.4 Å². The number of anilines is 1. The molecule has 2 aromatic rings. The Morgan fingerprint density at radius 1 is 1.29 bits per heavy atom. The van der Waals surface area contributed by atoms with Crippen LogP contribution in [0.2, 0.25) is 0 Å². The fourth-order valence-electron chi connectivity index (χ4n) is 4.82. The molecule has 8 heteroatoms. The monoisotopic (exact) mass is 420 g/mol. The number of aromatic nitrogens is 1. The second-order valence-electron chi connectivity index (χ2n) is 8.29. The fraction of sp³-hybridized carbons (Fsp3) is 0.500. The minimum Gasteiger partial charge on any atom is -0.497 e. The molecule has 6 nitrogen and oxygen atoms in total. The lowest BCUT2D eigenvalue weighted by molar-refractivity contribution is -0.128. The SMILES string of the molecule is COc1ccc(-c2csc(NS(=O)(=O)C[C@@]34CC[C@@H](CC3=O)C4(C)C)n2)cc1. The summed E-state index contributed by atoms with van der Waals surface area (Å²) in [6.45, 7) is 4.08. The molecule has 2 aliphatic rings. The van der Waals surface area contributed by atoms with Crippen molar-refractivity contribution >= 4 is 32.3 Å². The van der Waals surface area contributed by atoms with E-state index in [2.05, 4.69) is 9.71 Å². The predicted molar refractivity (Wildman–Crippen MR) is 110 cm³/mol. The van der Waals surface area contributed by atoms with Crippen LogP contribution in [0.5, 0.6) is 5.75 Å². The standard InChI is InChI=1S/C20H24N2O4S2/c1-19(2)14-8-9-20(19,17(23)10-14)12-28(24,25)22-18-21-16(11-27-18)13-4-6-15(26-3)7-5-13/h4-7,11,14H,8-10,12H2,1-3H3,(H,21,22)/t14-,20-/m0/s1. The first kappa shape index (κ1) is 19.4. The lowest BCUT2D eigenvalue weighted by Gasteiger charge is -2.36. The average Bonchev–Trinajstić information content (AvgIpc) is 3.24. The topological polar surface area (TPSA) is 85.4 Å². The molecule has 2 fully saturated rings. The number of carbonyl (C=O) groups excluding carboxylic acids is 1. The van der Waals surface area contributed by atoms with E-state index in [1.54, 1.807) is 7.11 Å². The molecule has 2 atom stereocenters. The summed E-state index contributed by atoms with van der Waals surface area (Å²) < 4.78 is 33.5. The second kappa shape index (κ2) is 6.56. The summed E-state index contributed by atoms with van der Waals surface area (Å²) in [4.78, 5) is 17.0. The minimum atomic E-state index is -3.69. The summed E-state index contributed by atoms with van der Waals surface area (Å²) in [5, 5.41) is 2.13. The number of ketones is 1. The predicted octanol–water partition coefficient (Wildman–Crippen LogP) is 3.96. The van der Waals surface area contributed by atoms with E-state index < -0.39 is 15.4 Å². The van der Waals surface area contributed by atoms with Crippen LogP contribution in [0.25, 0.3) is 11.3 Å². The van der Waals surface area contributed by atoms with Gasteiger partial charge in [0.15, 0.2) is 5.13 Å².